The summed E-state index contributed by atoms with van der Waals surface area (Å²) < 4.78 is 26.5. The van der Waals surface area contributed by atoms with Crippen LogP contribution in [0.3, 0.4) is 0 Å². The lowest BCUT2D eigenvalue weighted by Gasteiger charge is -2.32. The van der Waals surface area contributed by atoms with Crippen molar-refractivity contribution in [3.63, 3.8) is 0 Å². The van der Waals surface area contributed by atoms with E-state index < -0.39 is 16.1 Å². The zero-order valence-electron chi connectivity index (χ0n) is 22.6. The second kappa shape index (κ2) is 13.2. The van der Waals surface area contributed by atoms with Gasteiger partial charge in [-0.05, 0) is 43.0 Å². The number of likely N-dealkylation sites (N-methyl/N-ethyl adjacent to an activating group) is 1. The third-order valence-electron chi connectivity index (χ3n) is 6.49. The molecule has 0 saturated carbocycles. The molecule has 202 valence electrons. The molecule has 3 rings (SSSR count). The highest BCUT2D eigenvalue weighted by Gasteiger charge is 2.30. The maximum atomic E-state index is 13.7. The smallest absolute Gasteiger partial charge is 0.242 e. The summed E-state index contributed by atoms with van der Waals surface area (Å²) >= 11 is 0. The number of sulfonamides is 1. The number of hydrogen-bond donors (Lipinski definition) is 1. The first-order valence-corrected chi connectivity index (χ1v) is 14.6. The van der Waals surface area contributed by atoms with Gasteiger partial charge in [-0.3, -0.25) is 13.9 Å². The molecule has 0 spiro atoms. The van der Waals surface area contributed by atoms with Crippen molar-refractivity contribution in [3.8, 4) is 0 Å². The van der Waals surface area contributed by atoms with E-state index in [0.29, 0.717) is 18.5 Å². The summed E-state index contributed by atoms with van der Waals surface area (Å²) in [5.74, 6) is -0.443. The lowest BCUT2D eigenvalue weighted by Crippen LogP contribution is -2.49. The maximum absolute atomic E-state index is 13.7. The number of anilines is 1. The number of hydrogen-bond acceptors (Lipinski definition) is 4. The van der Waals surface area contributed by atoms with Gasteiger partial charge < -0.3 is 10.2 Å². The number of nitrogens with one attached hydrogen (secondary N) is 1. The Morgan fingerprint density at radius 1 is 0.895 bits per heavy atom. The number of para-hydroxylation sites is 1. The molecule has 1 N–H and O–H groups in total. The molecule has 7 nitrogen and oxygen atoms in total. The Kier molecular flexibility index (Phi) is 10.1. The van der Waals surface area contributed by atoms with Crippen LogP contribution in [0.1, 0.15) is 35.1 Å². The molecule has 3 aromatic rings. The fourth-order valence-corrected chi connectivity index (χ4v) is 5.58. The Morgan fingerprint density at radius 3 is 2.18 bits per heavy atom. The van der Waals surface area contributed by atoms with Crippen LogP contribution in [-0.4, -0.2) is 51.0 Å². The first kappa shape index (κ1) is 28.9. The molecule has 1 atom stereocenters. The van der Waals surface area contributed by atoms with Gasteiger partial charge in [0.25, 0.3) is 0 Å². The molecule has 2 amide bonds. The highest BCUT2D eigenvalue weighted by molar-refractivity contribution is 7.92. The molecule has 0 aliphatic carbocycles. The van der Waals surface area contributed by atoms with Gasteiger partial charge in [0, 0.05) is 33.0 Å². The zero-order valence-corrected chi connectivity index (χ0v) is 23.4. The molecule has 0 fully saturated rings. The monoisotopic (exact) mass is 535 g/mol. The van der Waals surface area contributed by atoms with Gasteiger partial charge in [-0.15, -0.1) is 0 Å². The predicted molar refractivity (Wildman–Crippen MR) is 152 cm³/mol. The average molecular weight is 536 g/mol. The number of aryl methyl sites for hydroxylation is 2. The van der Waals surface area contributed by atoms with E-state index in [-0.39, 0.29) is 31.3 Å². The normalized spacial score (nSPS) is 12.0. The lowest BCUT2D eigenvalue weighted by molar-refractivity contribution is -0.141. The van der Waals surface area contributed by atoms with Gasteiger partial charge in [-0.25, -0.2) is 8.42 Å². The van der Waals surface area contributed by atoms with E-state index in [1.165, 1.54) is 10.6 Å². The minimum absolute atomic E-state index is 0.103. The fraction of sp³-hybridized carbons (Fsp3) is 0.333. The summed E-state index contributed by atoms with van der Waals surface area (Å²) in [7, 11) is -1.97. The van der Waals surface area contributed by atoms with Crippen LogP contribution in [0.25, 0.3) is 0 Å². The van der Waals surface area contributed by atoms with Crippen molar-refractivity contribution >= 4 is 27.5 Å². The van der Waals surface area contributed by atoms with E-state index in [0.717, 1.165) is 22.3 Å². The number of nitrogens with zero attached hydrogens (tertiary/aromatic N) is 2. The minimum atomic E-state index is -3.54. The number of carbonyl (C=O) groups excluding carboxylic acids is 2. The third kappa shape index (κ3) is 7.92. The Morgan fingerprint density at radius 2 is 1.55 bits per heavy atom. The topological polar surface area (TPSA) is 86.8 Å². The highest BCUT2D eigenvalue weighted by atomic mass is 32.2. The predicted octanol–water partition coefficient (Wildman–Crippen LogP) is 4.24. The summed E-state index contributed by atoms with van der Waals surface area (Å²) in [5, 5.41) is 2.72. The van der Waals surface area contributed by atoms with Crippen molar-refractivity contribution in [2.45, 2.75) is 45.7 Å². The summed E-state index contributed by atoms with van der Waals surface area (Å²) in [6.45, 7) is 4.29. The van der Waals surface area contributed by atoms with Gasteiger partial charge in [-0.1, -0.05) is 78.4 Å². The minimum Gasteiger partial charge on any atom is -0.357 e. The Labute approximate surface area is 226 Å². The van der Waals surface area contributed by atoms with Gasteiger partial charge in [0.2, 0.25) is 21.8 Å². The molecular formula is C30H37N3O4S. The van der Waals surface area contributed by atoms with Crippen molar-refractivity contribution < 1.29 is 18.0 Å². The van der Waals surface area contributed by atoms with Crippen LogP contribution in [0, 0.1) is 13.8 Å². The molecule has 3 aromatic carbocycles. The third-order valence-corrected chi connectivity index (χ3v) is 7.67. The zero-order chi connectivity index (χ0) is 27.7. The van der Waals surface area contributed by atoms with E-state index in [4.69, 9.17) is 0 Å². The summed E-state index contributed by atoms with van der Waals surface area (Å²) in [5.41, 5.74) is 4.39. The van der Waals surface area contributed by atoms with Crippen molar-refractivity contribution in [1.82, 2.24) is 10.2 Å². The van der Waals surface area contributed by atoms with Crippen molar-refractivity contribution in [1.29, 1.82) is 0 Å². The van der Waals surface area contributed by atoms with Crippen LogP contribution in [0.4, 0.5) is 5.69 Å². The van der Waals surface area contributed by atoms with E-state index in [1.807, 2.05) is 80.6 Å². The molecule has 0 bridgehead atoms. The first-order valence-electron chi connectivity index (χ1n) is 12.7. The molecule has 0 radical (unpaired) electrons. The van der Waals surface area contributed by atoms with E-state index in [9.17, 15) is 18.0 Å². The fourth-order valence-electron chi connectivity index (χ4n) is 4.55. The van der Waals surface area contributed by atoms with Crippen molar-refractivity contribution in [3.05, 3.63) is 101 Å². The van der Waals surface area contributed by atoms with Crippen LogP contribution in [-0.2, 0) is 32.6 Å². The summed E-state index contributed by atoms with van der Waals surface area (Å²) in [6, 6.07) is 24.1. The van der Waals surface area contributed by atoms with Gasteiger partial charge in [0.1, 0.15) is 6.04 Å². The number of amides is 2. The quantitative estimate of drug-likeness (QED) is 0.376. The molecule has 0 heterocycles. The summed E-state index contributed by atoms with van der Waals surface area (Å²) in [6.07, 6.45) is 1.96. The number of benzene rings is 3. The van der Waals surface area contributed by atoms with Gasteiger partial charge in [0.05, 0.1) is 11.9 Å². The van der Waals surface area contributed by atoms with Crippen LogP contribution < -0.4 is 9.62 Å². The largest absolute Gasteiger partial charge is 0.357 e. The molecule has 1 unspecified atom stereocenters. The number of carbonyl (C=O) groups is 2. The average Bonchev–Trinajstić information content (AvgIpc) is 2.88. The van der Waals surface area contributed by atoms with Crippen molar-refractivity contribution in [2.75, 3.05) is 24.2 Å². The SMILES string of the molecule is CNC(=O)C(Cc1ccccc1)N(Cc1cccc(C)c1)C(=O)CCCN(c1ccccc1C)S(C)(=O)=O. The molecule has 8 heteroatoms. The number of rotatable bonds is 12. The molecule has 0 aliphatic heterocycles. The molecular weight excluding hydrogens is 498 g/mol. The van der Waals surface area contributed by atoms with E-state index >= 15 is 0 Å². The maximum Gasteiger partial charge on any atom is 0.242 e. The highest BCUT2D eigenvalue weighted by Crippen LogP contribution is 2.23. The molecule has 0 saturated heterocycles. The molecule has 0 aliphatic rings. The van der Waals surface area contributed by atoms with Crippen molar-refractivity contribution in [2.24, 2.45) is 0 Å². The molecule has 0 aromatic heterocycles. The van der Waals surface area contributed by atoms with Gasteiger partial charge >= 0.3 is 0 Å². The lowest BCUT2D eigenvalue weighted by atomic mass is 10.0. The van der Waals surface area contributed by atoms with Crippen LogP contribution in [0.5, 0.6) is 0 Å². The first-order chi connectivity index (χ1) is 18.1. The summed E-state index contributed by atoms with van der Waals surface area (Å²) in [4.78, 5) is 28.4. The second-order valence-corrected chi connectivity index (χ2v) is 11.5. The second-order valence-electron chi connectivity index (χ2n) is 9.56. The van der Waals surface area contributed by atoms with Gasteiger partial charge in [0.15, 0.2) is 0 Å². The van der Waals surface area contributed by atoms with Crippen LogP contribution in [0.15, 0.2) is 78.9 Å². The van der Waals surface area contributed by atoms with Gasteiger partial charge in [-0.2, -0.15) is 0 Å². The van der Waals surface area contributed by atoms with Crippen LogP contribution in [0.2, 0.25) is 0 Å². The molecule has 38 heavy (non-hydrogen) atoms. The van der Waals surface area contributed by atoms with E-state index in [2.05, 4.69) is 5.32 Å². The Hall–Kier alpha value is -3.65. The standard InChI is InChI=1S/C30H37N3O4S/c1-23-12-10-16-26(20-23)22-32(28(30(35)31-3)21-25-14-6-5-7-15-25)29(34)18-11-19-33(38(4,36)37)27-17-9-8-13-24(27)2/h5-10,12-17,20,28H,11,18-19,21-22H2,1-4H3,(H,31,35). The Balaban J connectivity index is 1.85. The van der Waals surface area contributed by atoms with Crippen LogP contribution >= 0.6 is 0 Å². The Bertz CT molecular complexity index is 1340. The van der Waals surface area contributed by atoms with E-state index in [1.54, 1.807) is 24.1 Å².